The van der Waals surface area contributed by atoms with Crippen LogP contribution in [-0.2, 0) is 0 Å². The Kier molecular flexibility index (Phi) is 9.07. The largest absolute Gasteiger partial charge is 0.307 e. The molecular weight excluding hydrogens is 855 g/mol. The number of rotatable bonds is 7. The molecule has 0 unspecified atom stereocenters. The number of pyridine rings is 3. The maximum absolute atomic E-state index is 5.66. The molecule has 1 aliphatic rings. The van der Waals surface area contributed by atoms with Crippen LogP contribution in [0, 0.1) is 0 Å². The van der Waals surface area contributed by atoms with E-state index >= 15 is 0 Å². The molecule has 0 spiro atoms. The van der Waals surface area contributed by atoms with Gasteiger partial charge in [0.05, 0.1) is 67.6 Å². The summed E-state index contributed by atoms with van der Waals surface area (Å²) >= 11 is 0. The second-order valence-electron chi connectivity index (χ2n) is 17.6. The molecule has 0 amide bonds. The molecule has 0 aliphatic carbocycles. The zero-order chi connectivity index (χ0) is 46.1. The Hall–Kier alpha value is -9.59. The average molecular weight is 896 g/mol. The zero-order valence-electron chi connectivity index (χ0n) is 37.8. The number of nitrogens with zero attached hydrogens (tertiary/aromatic N) is 7. The molecule has 328 valence electrons. The minimum Gasteiger partial charge on any atom is -0.307 e. The molecule has 0 saturated carbocycles. The van der Waals surface area contributed by atoms with Gasteiger partial charge in [-0.05, 0) is 97.1 Å². The topological polar surface area (TPSA) is 55.0 Å². The fourth-order valence-electron chi connectivity index (χ4n) is 10.6. The minimum atomic E-state index is 0.823. The van der Waals surface area contributed by atoms with Crippen molar-refractivity contribution in [1.82, 2.24) is 24.1 Å². The first-order chi connectivity index (χ1) is 34.7. The van der Waals surface area contributed by atoms with Gasteiger partial charge in [-0.1, -0.05) is 152 Å². The van der Waals surface area contributed by atoms with Gasteiger partial charge in [0.25, 0.3) is 0 Å². The van der Waals surface area contributed by atoms with Crippen LogP contribution in [0.5, 0.6) is 0 Å². The van der Waals surface area contributed by atoms with E-state index in [4.69, 9.17) is 15.0 Å². The molecule has 13 aromatic rings. The fourth-order valence-corrected chi connectivity index (χ4v) is 10.6. The lowest BCUT2D eigenvalue weighted by atomic mass is 10.1. The molecule has 6 heterocycles. The molecule has 14 rings (SSSR count). The van der Waals surface area contributed by atoms with Crippen molar-refractivity contribution in [2.75, 3.05) is 9.80 Å². The van der Waals surface area contributed by atoms with Gasteiger partial charge in [0.1, 0.15) is 11.6 Å². The lowest BCUT2D eigenvalue weighted by molar-refractivity contribution is 1.05. The van der Waals surface area contributed by atoms with Crippen molar-refractivity contribution in [2.45, 2.75) is 0 Å². The Bertz CT molecular complexity index is 4110. The average Bonchev–Trinajstić information content (AvgIpc) is 3.96. The van der Waals surface area contributed by atoms with E-state index in [9.17, 15) is 0 Å². The van der Waals surface area contributed by atoms with Crippen LogP contribution in [0.15, 0.2) is 249 Å². The first-order valence-electron chi connectivity index (χ1n) is 23.6. The third-order valence-electron chi connectivity index (χ3n) is 13.6. The van der Waals surface area contributed by atoms with Crippen molar-refractivity contribution in [3.05, 3.63) is 249 Å². The Morgan fingerprint density at radius 2 is 0.700 bits per heavy atom. The van der Waals surface area contributed by atoms with Gasteiger partial charge >= 0.3 is 0 Å². The van der Waals surface area contributed by atoms with E-state index in [0.29, 0.717) is 0 Å². The molecule has 0 N–H and O–H groups in total. The van der Waals surface area contributed by atoms with Gasteiger partial charge in [-0.15, -0.1) is 0 Å². The summed E-state index contributed by atoms with van der Waals surface area (Å²) in [6.45, 7) is 0. The minimum absolute atomic E-state index is 0.823. The third-order valence-corrected chi connectivity index (χ3v) is 13.6. The van der Waals surface area contributed by atoms with Gasteiger partial charge in [-0.3, -0.25) is 9.47 Å². The number of hydrogen-bond acceptors (Lipinski definition) is 5. The molecule has 0 fully saturated rings. The first kappa shape index (κ1) is 39.6. The quantitative estimate of drug-likeness (QED) is 0.160. The van der Waals surface area contributed by atoms with Crippen molar-refractivity contribution >= 4 is 77.9 Å². The van der Waals surface area contributed by atoms with Crippen molar-refractivity contribution < 1.29 is 0 Å². The highest BCUT2D eigenvalue weighted by Gasteiger charge is 2.31. The summed E-state index contributed by atoms with van der Waals surface area (Å²) in [5.41, 5.74) is 16.3. The van der Waals surface area contributed by atoms with E-state index in [1.54, 1.807) is 0 Å². The van der Waals surface area contributed by atoms with E-state index in [1.807, 2.05) is 36.4 Å². The van der Waals surface area contributed by atoms with E-state index < -0.39 is 0 Å². The number of aromatic nitrogens is 5. The number of benzene rings is 8. The van der Waals surface area contributed by atoms with Gasteiger partial charge in [0.2, 0.25) is 0 Å². The summed E-state index contributed by atoms with van der Waals surface area (Å²) in [6, 6.07) is 87.6. The van der Waals surface area contributed by atoms with Crippen molar-refractivity contribution in [2.24, 2.45) is 0 Å². The molecular formula is C63H41N7. The van der Waals surface area contributed by atoms with Gasteiger partial charge in [0.15, 0.2) is 0 Å². The van der Waals surface area contributed by atoms with Crippen LogP contribution in [0.25, 0.3) is 89.0 Å². The van der Waals surface area contributed by atoms with Crippen LogP contribution in [0.1, 0.15) is 0 Å². The molecule has 8 aromatic carbocycles. The van der Waals surface area contributed by atoms with Crippen LogP contribution in [0.3, 0.4) is 0 Å². The molecule has 0 saturated heterocycles. The summed E-state index contributed by atoms with van der Waals surface area (Å²) in [6.07, 6.45) is 0. The summed E-state index contributed by atoms with van der Waals surface area (Å²) < 4.78 is 4.80. The monoisotopic (exact) mass is 895 g/mol. The Morgan fingerprint density at radius 1 is 0.257 bits per heavy atom. The predicted octanol–water partition coefficient (Wildman–Crippen LogP) is 16.3. The predicted molar refractivity (Wildman–Crippen MR) is 288 cm³/mol. The van der Waals surface area contributed by atoms with Crippen LogP contribution in [0.2, 0.25) is 0 Å². The second-order valence-corrected chi connectivity index (χ2v) is 17.6. The second kappa shape index (κ2) is 16.0. The normalized spacial score (nSPS) is 12.2. The molecule has 7 heteroatoms. The zero-order valence-corrected chi connectivity index (χ0v) is 37.8. The molecule has 0 bridgehead atoms. The van der Waals surface area contributed by atoms with E-state index in [1.165, 1.54) is 5.39 Å². The highest BCUT2D eigenvalue weighted by Crippen LogP contribution is 2.54. The van der Waals surface area contributed by atoms with Crippen molar-refractivity contribution in [3.8, 4) is 45.4 Å². The molecule has 0 radical (unpaired) electrons. The number of fused-ring (bicyclic) bond motifs is 9. The fraction of sp³-hybridized carbons (Fsp3) is 0. The Labute approximate surface area is 404 Å². The molecule has 5 aromatic heterocycles. The van der Waals surface area contributed by atoms with Crippen LogP contribution in [-0.4, -0.2) is 24.1 Å². The number of anilines is 6. The highest BCUT2D eigenvalue weighted by molar-refractivity contribution is 6.23. The summed E-state index contributed by atoms with van der Waals surface area (Å²) in [7, 11) is 0. The molecule has 7 nitrogen and oxygen atoms in total. The van der Waals surface area contributed by atoms with Gasteiger partial charge in [-0.2, -0.15) is 0 Å². The van der Waals surface area contributed by atoms with Crippen LogP contribution < -0.4 is 9.80 Å². The summed E-state index contributed by atoms with van der Waals surface area (Å²) in [4.78, 5) is 20.6. The van der Waals surface area contributed by atoms with Gasteiger partial charge in [-0.25, -0.2) is 15.0 Å². The van der Waals surface area contributed by atoms with E-state index in [-0.39, 0.29) is 0 Å². The first-order valence-corrected chi connectivity index (χ1v) is 23.6. The Balaban J connectivity index is 0.954. The lowest BCUT2D eigenvalue weighted by Gasteiger charge is -2.39. The van der Waals surface area contributed by atoms with Gasteiger partial charge < -0.3 is 9.47 Å². The standard InChI is InChI=1S/C63H41N7/c1-3-19-42(20-4-1)50-27-16-29-52(64-50)53-30-17-28-51(65-53)43-21-15-24-45(41-43)68-54-31-9-7-25-46(54)48-39-40-49-47-26-8-10-32-55(47)70(63(49)62(48)68)61-38-18-37-60(66-61)69-58-35-13-11-33-56(58)67(44-22-5-2-6-23-44)57-34-12-14-36-59(57)69/h1-41H. The lowest BCUT2D eigenvalue weighted by Crippen LogP contribution is -2.24. The molecule has 0 atom stereocenters. The maximum Gasteiger partial charge on any atom is 0.140 e. The Morgan fingerprint density at radius 3 is 1.34 bits per heavy atom. The van der Waals surface area contributed by atoms with Crippen LogP contribution >= 0.6 is 0 Å². The maximum atomic E-state index is 5.66. The van der Waals surface area contributed by atoms with Gasteiger partial charge in [0, 0.05) is 44.0 Å². The summed E-state index contributed by atoms with van der Waals surface area (Å²) in [5.74, 6) is 1.65. The third kappa shape index (κ3) is 6.26. The van der Waals surface area contributed by atoms with Crippen LogP contribution in [0.4, 0.5) is 34.3 Å². The molecule has 1 aliphatic heterocycles. The highest BCUT2D eigenvalue weighted by atomic mass is 15.3. The van der Waals surface area contributed by atoms with Crippen molar-refractivity contribution in [3.63, 3.8) is 0 Å². The molecule has 70 heavy (non-hydrogen) atoms. The smallest absolute Gasteiger partial charge is 0.140 e. The van der Waals surface area contributed by atoms with Crippen molar-refractivity contribution in [1.29, 1.82) is 0 Å². The SMILES string of the molecule is c1ccc(-c2cccc(-c3cccc(-c4cccc(-n5c6ccccc6c6ccc7c8ccccc8n(-c8cccc(N9c%10ccccc%10N(c%10ccccc%10)c%10ccccc%109)n8)c7c65)c4)n3)n2)cc1. The summed E-state index contributed by atoms with van der Waals surface area (Å²) in [5, 5.41) is 4.66. The number of hydrogen-bond donors (Lipinski definition) is 0. The number of para-hydroxylation sites is 7. The van der Waals surface area contributed by atoms with E-state index in [0.717, 1.165) is 118 Å². The van der Waals surface area contributed by atoms with E-state index in [2.05, 4.69) is 231 Å².